The quantitative estimate of drug-likeness (QED) is 0.523. The molecular weight excluding hydrogens is 302 g/mol. The first kappa shape index (κ1) is 18.7. The lowest BCUT2D eigenvalue weighted by molar-refractivity contribution is -0.385. The van der Waals surface area contributed by atoms with Gasteiger partial charge in [0.15, 0.2) is 11.5 Å². The molecule has 1 atom stereocenters. The lowest BCUT2D eigenvalue weighted by Crippen LogP contribution is -2.41. The predicted molar refractivity (Wildman–Crippen MR) is 85.8 cm³/mol. The van der Waals surface area contributed by atoms with Crippen molar-refractivity contribution in [2.24, 2.45) is 5.73 Å². The highest BCUT2D eigenvalue weighted by atomic mass is 16.6. The van der Waals surface area contributed by atoms with Crippen LogP contribution in [0.4, 0.5) is 5.69 Å². The summed E-state index contributed by atoms with van der Waals surface area (Å²) in [7, 11) is 2.87. The summed E-state index contributed by atoms with van der Waals surface area (Å²) < 4.78 is 10.2. The van der Waals surface area contributed by atoms with E-state index in [1.807, 2.05) is 6.92 Å². The summed E-state index contributed by atoms with van der Waals surface area (Å²) in [6.45, 7) is 2.20. The first-order chi connectivity index (χ1) is 10.9. The van der Waals surface area contributed by atoms with Crippen molar-refractivity contribution in [2.75, 3.05) is 20.8 Å². The van der Waals surface area contributed by atoms with Crippen molar-refractivity contribution in [3.05, 3.63) is 27.8 Å². The lowest BCUT2D eigenvalue weighted by Gasteiger charge is -2.13. The molecule has 1 unspecified atom stereocenters. The van der Waals surface area contributed by atoms with E-state index in [0.717, 1.165) is 6.42 Å². The largest absolute Gasteiger partial charge is 0.493 e. The molecule has 0 aliphatic heterocycles. The van der Waals surface area contributed by atoms with E-state index in [1.54, 1.807) is 6.07 Å². The van der Waals surface area contributed by atoms with E-state index in [1.165, 1.54) is 20.3 Å². The van der Waals surface area contributed by atoms with Crippen LogP contribution in [0.5, 0.6) is 11.5 Å². The Labute approximate surface area is 135 Å². The van der Waals surface area contributed by atoms with Crippen LogP contribution in [-0.2, 0) is 11.2 Å². The van der Waals surface area contributed by atoms with E-state index in [4.69, 9.17) is 15.2 Å². The van der Waals surface area contributed by atoms with Gasteiger partial charge in [0.1, 0.15) is 0 Å². The third-order valence-electron chi connectivity index (χ3n) is 3.41. The Morgan fingerprint density at radius 3 is 2.48 bits per heavy atom. The number of nitro benzene ring substituents is 1. The molecule has 0 radical (unpaired) electrons. The van der Waals surface area contributed by atoms with Gasteiger partial charge in [-0.25, -0.2) is 0 Å². The van der Waals surface area contributed by atoms with Gasteiger partial charge >= 0.3 is 0 Å². The predicted octanol–water partition coefficient (Wildman–Crippen LogP) is 1.40. The van der Waals surface area contributed by atoms with Crippen LogP contribution < -0.4 is 20.5 Å². The molecule has 3 N–H and O–H groups in total. The molecule has 23 heavy (non-hydrogen) atoms. The van der Waals surface area contributed by atoms with Crippen molar-refractivity contribution < 1.29 is 19.2 Å². The number of nitrogens with one attached hydrogen (secondary N) is 1. The normalized spacial score (nSPS) is 11.7. The van der Waals surface area contributed by atoms with Crippen molar-refractivity contribution in [3.63, 3.8) is 0 Å². The smallest absolute Gasteiger partial charge is 0.276 e. The minimum atomic E-state index is -0.555. The van der Waals surface area contributed by atoms with Crippen LogP contribution in [0.25, 0.3) is 0 Å². The maximum Gasteiger partial charge on any atom is 0.276 e. The number of carbonyl (C=O) groups excluding carboxylic acids is 1. The van der Waals surface area contributed by atoms with E-state index in [9.17, 15) is 14.9 Å². The molecule has 0 saturated heterocycles. The Morgan fingerprint density at radius 1 is 1.35 bits per heavy atom. The van der Waals surface area contributed by atoms with Crippen LogP contribution in [0.3, 0.4) is 0 Å². The Balaban J connectivity index is 2.83. The number of carbonyl (C=O) groups is 1. The lowest BCUT2D eigenvalue weighted by atomic mass is 10.1. The highest BCUT2D eigenvalue weighted by Crippen LogP contribution is 2.34. The van der Waals surface area contributed by atoms with Crippen LogP contribution >= 0.6 is 0 Å². The fraction of sp³-hybridized carbons (Fsp3) is 0.533. The molecule has 0 aliphatic rings. The molecule has 0 spiro atoms. The SMILES string of the molecule is CCCC(N)C(=O)NCCc1cc(OC)c(OC)cc1[N+](=O)[O-]. The fourth-order valence-electron chi connectivity index (χ4n) is 2.17. The number of hydrogen-bond donors (Lipinski definition) is 2. The number of nitrogens with two attached hydrogens (primary N) is 1. The molecule has 0 bridgehead atoms. The molecule has 1 rings (SSSR count). The second-order valence-electron chi connectivity index (χ2n) is 5.03. The molecule has 0 saturated carbocycles. The second kappa shape index (κ2) is 8.94. The summed E-state index contributed by atoms with van der Waals surface area (Å²) >= 11 is 0. The van der Waals surface area contributed by atoms with Gasteiger partial charge in [-0.05, 0) is 18.9 Å². The summed E-state index contributed by atoms with van der Waals surface area (Å²) in [5, 5.41) is 13.9. The van der Waals surface area contributed by atoms with Crippen molar-refractivity contribution in [2.45, 2.75) is 32.2 Å². The number of benzene rings is 1. The minimum absolute atomic E-state index is 0.0743. The Morgan fingerprint density at radius 2 is 1.96 bits per heavy atom. The van der Waals surface area contributed by atoms with Crippen LogP contribution in [0.15, 0.2) is 12.1 Å². The van der Waals surface area contributed by atoms with E-state index >= 15 is 0 Å². The van der Waals surface area contributed by atoms with Gasteiger partial charge in [-0.15, -0.1) is 0 Å². The highest BCUT2D eigenvalue weighted by Gasteiger charge is 2.19. The Hall–Kier alpha value is -2.35. The van der Waals surface area contributed by atoms with Crippen LogP contribution in [0.1, 0.15) is 25.3 Å². The third-order valence-corrected chi connectivity index (χ3v) is 3.41. The maximum absolute atomic E-state index is 11.8. The number of amides is 1. The topological polar surface area (TPSA) is 117 Å². The van der Waals surface area contributed by atoms with Crippen LogP contribution in [0.2, 0.25) is 0 Å². The summed E-state index contributed by atoms with van der Waals surface area (Å²) in [5.41, 5.74) is 6.09. The minimum Gasteiger partial charge on any atom is -0.493 e. The van der Waals surface area contributed by atoms with E-state index in [0.29, 0.717) is 24.2 Å². The van der Waals surface area contributed by atoms with Gasteiger partial charge in [0.2, 0.25) is 5.91 Å². The zero-order chi connectivity index (χ0) is 17.4. The van der Waals surface area contributed by atoms with Crippen molar-refractivity contribution in [3.8, 4) is 11.5 Å². The number of ether oxygens (including phenoxy) is 2. The van der Waals surface area contributed by atoms with Gasteiger partial charge in [0.25, 0.3) is 5.69 Å². The monoisotopic (exact) mass is 325 g/mol. The van der Waals surface area contributed by atoms with E-state index in [2.05, 4.69) is 5.32 Å². The number of hydrogen-bond acceptors (Lipinski definition) is 6. The summed E-state index contributed by atoms with van der Waals surface area (Å²) in [6, 6.07) is 2.31. The van der Waals surface area contributed by atoms with Gasteiger partial charge in [0, 0.05) is 12.1 Å². The average molecular weight is 325 g/mol. The number of nitro groups is 1. The second-order valence-corrected chi connectivity index (χ2v) is 5.03. The summed E-state index contributed by atoms with van der Waals surface area (Å²) in [6.07, 6.45) is 1.71. The fourth-order valence-corrected chi connectivity index (χ4v) is 2.17. The molecule has 1 amide bonds. The molecule has 1 aromatic rings. The van der Waals surface area contributed by atoms with Crippen molar-refractivity contribution in [1.29, 1.82) is 0 Å². The zero-order valence-electron chi connectivity index (χ0n) is 13.6. The molecule has 0 aliphatic carbocycles. The van der Waals surface area contributed by atoms with Gasteiger partial charge in [-0.1, -0.05) is 13.3 Å². The van der Waals surface area contributed by atoms with Crippen molar-refractivity contribution in [1.82, 2.24) is 5.32 Å². The standard InChI is InChI=1S/C15H23N3O5/c1-4-5-11(16)15(19)17-7-6-10-8-13(22-2)14(23-3)9-12(10)18(20)21/h8-9,11H,4-7,16H2,1-3H3,(H,17,19). The Bertz CT molecular complexity index is 562. The van der Waals surface area contributed by atoms with E-state index in [-0.39, 0.29) is 23.9 Å². The molecule has 0 aromatic heterocycles. The number of rotatable bonds is 9. The number of nitrogens with zero attached hydrogens (tertiary/aromatic N) is 1. The third kappa shape index (κ3) is 5.10. The molecule has 128 valence electrons. The van der Waals surface area contributed by atoms with Crippen LogP contribution in [-0.4, -0.2) is 37.6 Å². The first-order valence-corrected chi connectivity index (χ1v) is 7.37. The van der Waals surface area contributed by atoms with Gasteiger partial charge in [-0.3, -0.25) is 14.9 Å². The summed E-state index contributed by atoms with van der Waals surface area (Å²) in [5.74, 6) is 0.439. The zero-order valence-corrected chi connectivity index (χ0v) is 13.6. The first-order valence-electron chi connectivity index (χ1n) is 7.37. The molecule has 1 aromatic carbocycles. The highest BCUT2D eigenvalue weighted by molar-refractivity contribution is 5.81. The van der Waals surface area contributed by atoms with Gasteiger partial charge in [-0.2, -0.15) is 0 Å². The number of methoxy groups -OCH3 is 2. The van der Waals surface area contributed by atoms with Gasteiger partial charge < -0.3 is 20.5 Å². The molecule has 0 fully saturated rings. The van der Waals surface area contributed by atoms with E-state index < -0.39 is 11.0 Å². The van der Waals surface area contributed by atoms with Crippen molar-refractivity contribution >= 4 is 11.6 Å². The van der Waals surface area contributed by atoms with Gasteiger partial charge in [0.05, 0.1) is 31.3 Å². The van der Waals surface area contributed by atoms with Crippen LogP contribution in [0, 0.1) is 10.1 Å². The summed E-state index contributed by atoms with van der Waals surface area (Å²) in [4.78, 5) is 22.4. The molecular formula is C15H23N3O5. The molecule has 0 heterocycles. The maximum atomic E-state index is 11.8. The molecule has 8 nitrogen and oxygen atoms in total. The average Bonchev–Trinajstić information content (AvgIpc) is 2.53. The Kier molecular flexibility index (Phi) is 7.27. The molecule has 8 heteroatoms.